The Morgan fingerprint density at radius 1 is 1.22 bits per heavy atom. The van der Waals surface area contributed by atoms with Gasteiger partial charge in [0.2, 0.25) is 0 Å². The number of carbonyl (C=O) groups excluding carboxylic acids is 4. The number of ether oxygens (including phenoxy) is 4. The lowest BCUT2D eigenvalue weighted by Crippen LogP contribution is -2.40. The first kappa shape index (κ1) is 23.4. The van der Waals surface area contributed by atoms with Crippen LogP contribution < -0.4 is 5.73 Å². The van der Waals surface area contributed by atoms with E-state index < -0.39 is 48.2 Å². The van der Waals surface area contributed by atoms with Gasteiger partial charge in [-0.15, -0.1) is 11.3 Å². The van der Waals surface area contributed by atoms with Crippen LogP contribution in [0, 0.1) is 0 Å². The number of hydrogen-bond acceptors (Lipinski definition) is 11. The van der Waals surface area contributed by atoms with Gasteiger partial charge in [0, 0.05) is 38.9 Å². The number of rotatable bonds is 7. The molecule has 0 bridgehead atoms. The van der Waals surface area contributed by atoms with Crippen molar-refractivity contribution in [1.29, 1.82) is 0 Å². The van der Waals surface area contributed by atoms with Crippen LogP contribution in [0.1, 0.15) is 41.9 Å². The Kier molecular flexibility index (Phi) is 7.26. The molecule has 3 heterocycles. The Hall–Kier alpha value is -3.25. The topological polar surface area (TPSA) is 147 Å². The quantitative estimate of drug-likeness (QED) is 0.453. The van der Waals surface area contributed by atoms with E-state index in [1.54, 1.807) is 18.1 Å². The molecule has 4 atom stereocenters. The highest BCUT2D eigenvalue weighted by atomic mass is 32.1. The number of hydrogen-bond donors (Lipinski definition) is 1. The van der Waals surface area contributed by atoms with Gasteiger partial charge < -0.3 is 29.6 Å². The van der Waals surface area contributed by atoms with E-state index in [9.17, 15) is 19.2 Å². The average molecular weight is 465 g/mol. The van der Waals surface area contributed by atoms with Crippen LogP contribution in [0.5, 0.6) is 0 Å². The molecule has 32 heavy (non-hydrogen) atoms. The van der Waals surface area contributed by atoms with Crippen LogP contribution >= 0.6 is 11.3 Å². The lowest BCUT2D eigenvalue weighted by atomic mass is 10.1. The molecule has 0 spiro atoms. The molecule has 11 nitrogen and oxygen atoms in total. The Morgan fingerprint density at radius 3 is 2.50 bits per heavy atom. The highest BCUT2D eigenvalue weighted by molar-refractivity contribution is 7.09. The summed E-state index contributed by atoms with van der Waals surface area (Å²) in [5, 5.41) is 1.75. The number of aromatic nitrogens is 1. The predicted octanol–water partition coefficient (Wildman–Crippen LogP) is 0.822. The maximum absolute atomic E-state index is 12.5. The standard InChI is InChI=1S/C20H23N3O8S/c1-10(24)29-15-14(8-28-20(27)12-5-4-6-23(3)7-12)31-17(16(15)30-11(2)25)19-22-13(9-32-19)18(21)26/h4,6-7,9,14-17H,5,8H2,1-3H3,(H2,21,26)/t14-,15+,16-,17+/m1/s1. The molecule has 2 aliphatic heterocycles. The number of esters is 3. The zero-order chi connectivity index (χ0) is 23.4. The number of allylic oxidation sites excluding steroid dienone is 1. The number of nitrogens with zero attached hydrogens (tertiary/aromatic N) is 2. The van der Waals surface area contributed by atoms with E-state index in [1.165, 1.54) is 19.2 Å². The average Bonchev–Trinajstić information content (AvgIpc) is 3.32. The molecule has 2 N–H and O–H groups in total. The van der Waals surface area contributed by atoms with Crippen molar-refractivity contribution >= 4 is 35.2 Å². The van der Waals surface area contributed by atoms with Crippen molar-refractivity contribution in [2.24, 2.45) is 5.73 Å². The van der Waals surface area contributed by atoms with Crippen LogP contribution in [-0.2, 0) is 33.3 Å². The summed E-state index contributed by atoms with van der Waals surface area (Å²) in [5.74, 6) is -2.54. The Labute approximate surface area is 187 Å². The summed E-state index contributed by atoms with van der Waals surface area (Å²) in [5.41, 5.74) is 5.73. The second kappa shape index (κ2) is 9.92. The number of carbonyl (C=O) groups is 4. The van der Waals surface area contributed by atoms with Crippen molar-refractivity contribution < 1.29 is 38.1 Å². The van der Waals surface area contributed by atoms with Gasteiger partial charge in [-0.3, -0.25) is 14.4 Å². The largest absolute Gasteiger partial charge is 0.459 e. The van der Waals surface area contributed by atoms with Crippen molar-refractivity contribution in [2.75, 3.05) is 13.7 Å². The van der Waals surface area contributed by atoms with E-state index in [4.69, 9.17) is 24.7 Å². The zero-order valence-corrected chi connectivity index (χ0v) is 18.5. The van der Waals surface area contributed by atoms with Gasteiger partial charge in [0.1, 0.15) is 23.4 Å². The zero-order valence-electron chi connectivity index (χ0n) is 17.7. The van der Waals surface area contributed by atoms with Crippen molar-refractivity contribution in [3.05, 3.63) is 40.1 Å². The molecule has 1 saturated heterocycles. The van der Waals surface area contributed by atoms with Gasteiger partial charge in [-0.05, 0) is 6.20 Å². The van der Waals surface area contributed by atoms with Crippen LogP contribution in [-0.4, -0.2) is 65.7 Å². The molecule has 2 aliphatic rings. The van der Waals surface area contributed by atoms with Crippen molar-refractivity contribution in [1.82, 2.24) is 9.88 Å². The molecule has 1 aromatic heterocycles. The molecule has 0 aliphatic carbocycles. The third kappa shape index (κ3) is 5.51. The van der Waals surface area contributed by atoms with Crippen LogP contribution in [0.4, 0.5) is 0 Å². The van der Waals surface area contributed by atoms with Gasteiger partial charge >= 0.3 is 17.9 Å². The minimum Gasteiger partial charge on any atom is -0.459 e. The molecular formula is C20H23N3O8S. The van der Waals surface area contributed by atoms with Gasteiger partial charge in [-0.2, -0.15) is 0 Å². The van der Waals surface area contributed by atoms with Crippen LogP contribution in [0.3, 0.4) is 0 Å². The van der Waals surface area contributed by atoms with Gasteiger partial charge in [-0.1, -0.05) is 6.08 Å². The fraction of sp³-hybridized carbons (Fsp3) is 0.450. The number of nitrogens with two attached hydrogens (primary N) is 1. The minimum absolute atomic E-state index is 0.0236. The Balaban J connectivity index is 1.81. The molecule has 0 radical (unpaired) electrons. The minimum atomic E-state index is -1.06. The molecule has 172 valence electrons. The normalized spacial score (nSPS) is 24.6. The maximum Gasteiger partial charge on any atom is 0.335 e. The maximum atomic E-state index is 12.5. The van der Waals surface area contributed by atoms with Crippen molar-refractivity contribution in [3.63, 3.8) is 0 Å². The molecule has 0 aromatic carbocycles. The highest BCUT2D eigenvalue weighted by Gasteiger charge is 2.51. The SMILES string of the molecule is CC(=O)O[C@@H]1[C@@H](OC(C)=O)[C@@H](COC(=O)C2=CN(C)C=CC2)O[C@@H]1c1nc(C(N)=O)cs1. The smallest absolute Gasteiger partial charge is 0.335 e. The van der Waals surface area contributed by atoms with Gasteiger partial charge in [0.15, 0.2) is 18.3 Å². The lowest BCUT2D eigenvalue weighted by Gasteiger charge is -2.23. The van der Waals surface area contributed by atoms with Gasteiger partial charge in [-0.25, -0.2) is 9.78 Å². The molecular weight excluding hydrogens is 442 g/mol. The third-order valence-corrected chi connectivity index (χ3v) is 5.52. The van der Waals surface area contributed by atoms with Gasteiger partial charge in [0.05, 0.1) is 5.57 Å². The fourth-order valence-electron chi connectivity index (χ4n) is 3.32. The van der Waals surface area contributed by atoms with Gasteiger partial charge in [0.25, 0.3) is 5.91 Å². The van der Waals surface area contributed by atoms with E-state index in [1.807, 2.05) is 12.3 Å². The summed E-state index contributed by atoms with van der Waals surface area (Å²) in [6.07, 6.45) is 1.69. The first-order chi connectivity index (χ1) is 15.2. The summed E-state index contributed by atoms with van der Waals surface area (Å²) < 4.78 is 22.1. The second-order valence-electron chi connectivity index (χ2n) is 7.19. The Bertz CT molecular complexity index is 972. The molecule has 0 unspecified atom stereocenters. The summed E-state index contributed by atoms with van der Waals surface area (Å²) >= 11 is 1.08. The third-order valence-electron chi connectivity index (χ3n) is 4.61. The molecule has 1 aromatic rings. The Morgan fingerprint density at radius 2 is 1.91 bits per heavy atom. The molecule has 12 heteroatoms. The van der Waals surface area contributed by atoms with Crippen molar-refractivity contribution in [3.8, 4) is 0 Å². The first-order valence-corrected chi connectivity index (χ1v) is 10.5. The van der Waals surface area contributed by atoms with E-state index in [0.717, 1.165) is 11.3 Å². The summed E-state index contributed by atoms with van der Waals surface area (Å²) in [4.78, 5) is 53.2. The highest BCUT2D eigenvalue weighted by Crippen LogP contribution is 2.39. The van der Waals surface area contributed by atoms with Crippen LogP contribution in [0.25, 0.3) is 0 Å². The fourth-order valence-corrected chi connectivity index (χ4v) is 4.20. The predicted molar refractivity (Wildman–Crippen MR) is 110 cm³/mol. The van der Waals surface area contributed by atoms with E-state index in [2.05, 4.69) is 4.98 Å². The van der Waals surface area contributed by atoms with Crippen LogP contribution in [0.2, 0.25) is 0 Å². The van der Waals surface area contributed by atoms with E-state index in [0.29, 0.717) is 17.0 Å². The molecule has 1 amide bonds. The summed E-state index contributed by atoms with van der Waals surface area (Å²) in [6.45, 7) is 2.14. The lowest BCUT2D eigenvalue weighted by molar-refractivity contribution is -0.165. The second-order valence-corrected chi connectivity index (χ2v) is 8.08. The van der Waals surface area contributed by atoms with Crippen LogP contribution in [0.15, 0.2) is 29.4 Å². The molecule has 1 fully saturated rings. The molecule has 3 rings (SSSR count). The summed E-state index contributed by atoms with van der Waals surface area (Å²) in [6, 6.07) is 0. The monoisotopic (exact) mass is 465 g/mol. The number of thiazole rings is 1. The molecule has 0 saturated carbocycles. The first-order valence-electron chi connectivity index (χ1n) is 9.67. The van der Waals surface area contributed by atoms with E-state index in [-0.39, 0.29) is 12.3 Å². The summed E-state index contributed by atoms with van der Waals surface area (Å²) in [7, 11) is 1.78. The van der Waals surface area contributed by atoms with Crippen molar-refractivity contribution in [2.45, 2.75) is 44.7 Å². The number of primary amides is 1. The number of amides is 1. The van der Waals surface area contributed by atoms with E-state index >= 15 is 0 Å².